The van der Waals surface area contributed by atoms with Crippen molar-refractivity contribution in [3.05, 3.63) is 0 Å². The fourth-order valence-electron chi connectivity index (χ4n) is 0. The van der Waals surface area contributed by atoms with Crippen LogP contribution in [0.15, 0.2) is 0 Å². The maximum atomic E-state index is 4.90. The largest absolute Gasteiger partial charge is 3.00 e. The van der Waals surface area contributed by atoms with Crippen molar-refractivity contribution in [3.63, 3.8) is 0 Å². The zero-order valence-corrected chi connectivity index (χ0v) is 7.34. The van der Waals surface area contributed by atoms with Crippen molar-refractivity contribution >= 4 is 0 Å². The standard InChI is InChI=1S/C2H8N2.3ClH.Co/c3-1-2-4;;;;/h1-4H2;3*1H;/q;;;;+3/p-3. The minimum absolute atomic E-state index is 0. The summed E-state index contributed by atoms with van der Waals surface area (Å²) in [5.41, 5.74) is 9.81. The fourth-order valence-corrected chi connectivity index (χ4v) is 0. The van der Waals surface area contributed by atoms with Crippen LogP contribution in [0.25, 0.3) is 0 Å². The van der Waals surface area contributed by atoms with Crippen molar-refractivity contribution < 1.29 is 54.0 Å². The molecule has 0 aliphatic carbocycles. The van der Waals surface area contributed by atoms with E-state index in [-0.39, 0.29) is 54.0 Å². The van der Waals surface area contributed by atoms with Gasteiger partial charge in [-0.15, -0.1) is 0 Å². The monoisotopic (exact) mass is 224 g/mol. The summed E-state index contributed by atoms with van der Waals surface area (Å²) in [6, 6.07) is 0. The first-order valence-electron chi connectivity index (χ1n) is 1.32. The van der Waals surface area contributed by atoms with Gasteiger partial charge in [0.25, 0.3) is 0 Å². The van der Waals surface area contributed by atoms with Crippen molar-refractivity contribution in [1.82, 2.24) is 0 Å². The van der Waals surface area contributed by atoms with E-state index in [1.807, 2.05) is 0 Å². The van der Waals surface area contributed by atoms with Gasteiger partial charge in [0.2, 0.25) is 0 Å². The third-order valence-electron chi connectivity index (χ3n) is 0.167. The SMILES string of the molecule is NCCN.[Cl-].[Cl-].[Cl-].[Co+3]. The Bertz CT molecular complexity index is 17.2. The van der Waals surface area contributed by atoms with Gasteiger partial charge in [-0.05, 0) is 0 Å². The summed E-state index contributed by atoms with van der Waals surface area (Å²) >= 11 is 0. The van der Waals surface area contributed by atoms with Crippen LogP contribution in [0.5, 0.6) is 0 Å². The zero-order chi connectivity index (χ0) is 3.41. The molecule has 0 spiro atoms. The summed E-state index contributed by atoms with van der Waals surface area (Å²) in [5.74, 6) is 0. The van der Waals surface area contributed by atoms with Gasteiger partial charge in [-0.1, -0.05) is 0 Å². The van der Waals surface area contributed by atoms with Gasteiger partial charge in [0, 0.05) is 13.1 Å². The van der Waals surface area contributed by atoms with Crippen molar-refractivity contribution in [2.24, 2.45) is 11.5 Å². The molecule has 2 nitrogen and oxygen atoms in total. The van der Waals surface area contributed by atoms with Crippen LogP contribution in [0.1, 0.15) is 0 Å². The predicted molar refractivity (Wildman–Crippen MR) is 18.1 cm³/mol. The van der Waals surface area contributed by atoms with Gasteiger partial charge >= 0.3 is 16.8 Å². The number of hydrogen-bond acceptors (Lipinski definition) is 2. The van der Waals surface area contributed by atoms with Crippen LogP contribution < -0.4 is 48.7 Å². The van der Waals surface area contributed by atoms with Crippen molar-refractivity contribution in [3.8, 4) is 0 Å². The molecule has 0 aromatic carbocycles. The summed E-state index contributed by atoms with van der Waals surface area (Å²) in [4.78, 5) is 0. The van der Waals surface area contributed by atoms with Crippen LogP contribution >= 0.6 is 0 Å². The summed E-state index contributed by atoms with van der Waals surface area (Å²) in [6.45, 7) is 1.19. The van der Waals surface area contributed by atoms with Crippen LogP contribution in [0, 0.1) is 0 Å². The van der Waals surface area contributed by atoms with Crippen LogP contribution in [0.3, 0.4) is 0 Å². The second kappa shape index (κ2) is 40.6. The van der Waals surface area contributed by atoms with E-state index in [9.17, 15) is 0 Å². The van der Waals surface area contributed by atoms with Gasteiger partial charge in [0.05, 0.1) is 0 Å². The third-order valence-corrected chi connectivity index (χ3v) is 0.167. The minimum Gasteiger partial charge on any atom is -1.00 e. The van der Waals surface area contributed by atoms with E-state index < -0.39 is 0 Å². The van der Waals surface area contributed by atoms with Gasteiger partial charge in [0.1, 0.15) is 0 Å². The van der Waals surface area contributed by atoms with E-state index in [1.165, 1.54) is 0 Å². The predicted octanol–water partition coefficient (Wildman–Crippen LogP) is -10.1. The Balaban J connectivity index is -0.00000000750. The average molecular weight is 225 g/mol. The van der Waals surface area contributed by atoms with Crippen LogP contribution in [-0.2, 0) is 16.8 Å². The maximum Gasteiger partial charge on any atom is 3.00 e. The second-order valence-corrected chi connectivity index (χ2v) is 0.577. The van der Waals surface area contributed by atoms with E-state index in [2.05, 4.69) is 0 Å². The van der Waals surface area contributed by atoms with Crippen LogP contribution in [-0.4, -0.2) is 13.1 Å². The van der Waals surface area contributed by atoms with Gasteiger partial charge in [-0.25, -0.2) is 0 Å². The maximum absolute atomic E-state index is 4.90. The smallest absolute Gasteiger partial charge is 1.00 e. The Morgan fingerprint density at radius 2 is 0.875 bits per heavy atom. The molecule has 56 valence electrons. The van der Waals surface area contributed by atoms with Gasteiger partial charge in [-0.3, -0.25) is 0 Å². The molecule has 4 N–H and O–H groups in total. The third kappa shape index (κ3) is 54.9. The molecule has 8 heavy (non-hydrogen) atoms. The topological polar surface area (TPSA) is 52.0 Å². The molecule has 0 radical (unpaired) electrons. The summed E-state index contributed by atoms with van der Waals surface area (Å²) < 4.78 is 0. The van der Waals surface area contributed by atoms with E-state index in [1.54, 1.807) is 0 Å². The quantitative estimate of drug-likeness (QED) is 0.466. The Kier molecular flexibility index (Phi) is 176. The van der Waals surface area contributed by atoms with Gasteiger partial charge < -0.3 is 48.7 Å². The molecule has 0 fully saturated rings. The Morgan fingerprint density at radius 3 is 0.875 bits per heavy atom. The summed E-state index contributed by atoms with van der Waals surface area (Å²) in [6.07, 6.45) is 0. The first-order valence-corrected chi connectivity index (χ1v) is 1.32. The number of halogens is 3. The fraction of sp³-hybridized carbons (Fsp3) is 1.00. The number of hydrogen-bond donors (Lipinski definition) is 2. The minimum atomic E-state index is 0. The summed E-state index contributed by atoms with van der Waals surface area (Å²) in [5, 5.41) is 0. The van der Waals surface area contributed by atoms with Crippen molar-refractivity contribution in [1.29, 1.82) is 0 Å². The molecule has 0 atom stereocenters. The molecule has 0 bridgehead atoms. The Labute approximate surface area is 78.6 Å². The van der Waals surface area contributed by atoms with E-state index in [4.69, 9.17) is 11.5 Å². The number of nitrogens with two attached hydrogens (primary N) is 2. The van der Waals surface area contributed by atoms with Gasteiger partial charge in [0.15, 0.2) is 0 Å². The van der Waals surface area contributed by atoms with Crippen molar-refractivity contribution in [2.75, 3.05) is 13.1 Å². The molecule has 0 unspecified atom stereocenters. The molecule has 0 aromatic rings. The Morgan fingerprint density at radius 1 is 0.750 bits per heavy atom. The van der Waals surface area contributed by atoms with E-state index in [0.717, 1.165) is 0 Å². The molecule has 0 amide bonds. The van der Waals surface area contributed by atoms with Crippen LogP contribution in [0.2, 0.25) is 0 Å². The Hall–Kier alpha value is 1.30. The van der Waals surface area contributed by atoms with Crippen LogP contribution in [0.4, 0.5) is 0 Å². The molecule has 0 aliphatic heterocycles. The molecule has 0 aliphatic rings. The van der Waals surface area contributed by atoms with Gasteiger partial charge in [-0.2, -0.15) is 0 Å². The normalized spacial score (nSPS) is 3.75. The molecule has 0 saturated heterocycles. The second-order valence-electron chi connectivity index (χ2n) is 0.577. The van der Waals surface area contributed by atoms with E-state index in [0.29, 0.717) is 13.1 Å². The summed E-state index contributed by atoms with van der Waals surface area (Å²) in [7, 11) is 0. The molecule has 0 heterocycles. The molecule has 0 saturated carbocycles. The molecule has 0 rings (SSSR count). The average Bonchev–Trinajstić information content (AvgIpc) is 1.37. The molecule has 6 heteroatoms. The first-order chi connectivity index (χ1) is 1.91. The van der Waals surface area contributed by atoms with Crippen molar-refractivity contribution in [2.45, 2.75) is 0 Å². The number of rotatable bonds is 1. The molecular formula is C2H8Cl3CoN2. The molecule has 0 aromatic heterocycles. The van der Waals surface area contributed by atoms with E-state index >= 15 is 0 Å². The zero-order valence-electron chi connectivity index (χ0n) is 4.04. The molecular weight excluding hydrogens is 217 g/mol. The first kappa shape index (κ1) is 34.7.